The molecule has 5 heteroatoms. The number of ether oxygens (including phenoxy) is 1. The quantitative estimate of drug-likeness (QED) is 0.913. The van der Waals surface area contributed by atoms with Crippen molar-refractivity contribution in [2.45, 2.75) is 39.9 Å². The first kappa shape index (κ1) is 14.0. The van der Waals surface area contributed by atoms with Crippen LogP contribution in [0.25, 0.3) is 0 Å². The first-order valence-corrected chi connectivity index (χ1v) is 7.12. The second-order valence-electron chi connectivity index (χ2n) is 4.68. The van der Waals surface area contributed by atoms with Gasteiger partial charge in [0.05, 0.1) is 17.3 Å². The van der Waals surface area contributed by atoms with Gasteiger partial charge in [-0.05, 0) is 19.1 Å². The van der Waals surface area contributed by atoms with Crippen LogP contribution in [0.5, 0.6) is 5.75 Å². The highest BCUT2D eigenvalue weighted by Crippen LogP contribution is 2.22. The van der Waals surface area contributed by atoms with E-state index in [2.05, 4.69) is 23.8 Å². The Kier molecular flexibility index (Phi) is 4.50. The van der Waals surface area contributed by atoms with Gasteiger partial charge in [-0.25, -0.2) is 4.98 Å². The third-order valence-electron chi connectivity index (χ3n) is 2.66. The van der Waals surface area contributed by atoms with Crippen molar-refractivity contribution in [1.29, 1.82) is 0 Å². The molecule has 0 aliphatic carbocycles. The lowest BCUT2D eigenvalue weighted by atomic mass is 10.2. The van der Waals surface area contributed by atoms with Gasteiger partial charge in [-0.15, -0.1) is 11.3 Å². The van der Waals surface area contributed by atoms with Gasteiger partial charge < -0.3 is 9.84 Å². The Hall–Kier alpha value is -1.46. The van der Waals surface area contributed by atoms with Crippen molar-refractivity contribution >= 4 is 11.3 Å². The molecule has 0 radical (unpaired) electrons. The molecule has 0 aliphatic rings. The number of aryl methyl sites for hydroxylation is 1. The minimum Gasteiger partial charge on any atom is -0.485 e. The molecule has 0 fully saturated rings. The molecule has 0 amide bonds. The summed E-state index contributed by atoms with van der Waals surface area (Å²) in [4.78, 5) is 8.75. The van der Waals surface area contributed by atoms with Crippen molar-refractivity contribution in [2.24, 2.45) is 0 Å². The molecule has 19 heavy (non-hydrogen) atoms. The lowest BCUT2D eigenvalue weighted by molar-refractivity contribution is 0.252. The Morgan fingerprint density at radius 2 is 2.11 bits per heavy atom. The Morgan fingerprint density at radius 3 is 2.74 bits per heavy atom. The van der Waals surface area contributed by atoms with Gasteiger partial charge in [0.25, 0.3) is 0 Å². The highest BCUT2D eigenvalue weighted by molar-refractivity contribution is 7.09. The SMILES string of the molecule is Cc1ccc(OCc2csc(C(C)C)n2)c(CO)n1. The molecule has 4 nitrogen and oxygen atoms in total. The van der Waals surface area contributed by atoms with Crippen LogP contribution in [0.15, 0.2) is 17.5 Å². The van der Waals surface area contributed by atoms with Gasteiger partial charge in [0.1, 0.15) is 18.1 Å². The first-order valence-electron chi connectivity index (χ1n) is 6.24. The summed E-state index contributed by atoms with van der Waals surface area (Å²) in [6.07, 6.45) is 0. The number of hydrogen-bond donors (Lipinski definition) is 1. The number of aliphatic hydroxyl groups excluding tert-OH is 1. The maximum Gasteiger partial charge on any atom is 0.143 e. The minimum atomic E-state index is -0.120. The van der Waals surface area contributed by atoms with Gasteiger partial charge in [-0.1, -0.05) is 13.8 Å². The standard InChI is InChI=1S/C14H18N2O2S/c1-9(2)14-16-11(8-19-14)7-18-13-5-4-10(3)15-12(13)6-17/h4-5,8-9,17H,6-7H2,1-3H3. The molecule has 2 aromatic rings. The average molecular weight is 278 g/mol. The fourth-order valence-corrected chi connectivity index (χ4v) is 2.47. The van der Waals surface area contributed by atoms with Crippen molar-refractivity contribution in [3.05, 3.63) is 39.6 Å². The van der Waals surface area contributed by atoms with Gasteiger partial charge in [0.15, 0.2) is 0 Å². The van der Waals surface area contributed by atoms with Crippen molar-refractivity contribution in [3.8, 4) is 5.75 Å². The van der Waals surface area contributed by atoms with Crippen LogP contribution < -0.4 is 4.74 Å². The van der Waals surface area contributed by atoms with Crippen LogP contribution in [0, 0.1) is 6.92 Å². The summed E-state index contributed by atoms with van der Waals surface area (Å²) < 4.78 is 5.68. The van der Waals surface area contributed by atoms with E-state index in [4.69, 9.17) is 4.74 Å². The number of nitrogens with zero attached hydrogens (tertiary/aromatic N) is 2. The monoisotopic (exact) mass is 278 g/mol. The van der Waals surface area contributed by atoms with Crippen molar-refractivity contribution in [1.82, 2.24) is 9.97 Å². The molecule has 0 aliphatic heterocycles. The van der Waals surface area contributed by atoms with E-state index in [-0.39, 0.29) is 6.61 Å². The molecule has 2 heterocycles. The van der Waals surface area contributed by atoms with E-state index in [0.29, 0.717) is 24.0 Å². The van der Waals surface area contributed by atoms with Crippen LogP contribution in [0.4, 0.5) is 0 Å². The predicted molar refractivity (Wildman–Crippen MR) is 75.4 cm³/mol. The molecule has 0 saturated carbocycles. The highest BCUT2D eigenvalue weighted by atomic mass is 32.1. The second kappa shape index (κ2) is 6.12. The Bertz CT molecular complexity index is 552. The van der Waals surface area contributed by atoms with Crippen LogP contribution in [0.3, 0.4) is 0 Å². The van der Waals surface area contributed by atoms with Crippen molar-refractivity contribution in [3.63, 3.8) is 0 Å². The average Bonchev–Trinajstić information content (AvgIpc) is 2.86. The van der Waals surface area contributed by atoms with Crippen molar-refractivity contribution < 1.29 is 9.84 Å². The minimum absolute atomic E-state index is 0.120. The summed E-state index contributed by atoms with van der Waals surface area (Å²) in [7, 11) is 0. The molecule has 2 rings (SSSR count). The molecule has 0 saturated heterocycles. The number of aromatic nitrogens is 2. The maximum atomic E-state index is 9.26. The molecule has 0 atom stereocenters. The van der Waals surface area contributed by atoms with Crippen molar-refractivity contribution in [2.75, 3.05) is 0 Å². The third-order valence-corrected chi connectivity index (χ3v) is 3.85. The summed E-state index contributed by atoms with van der Waals surface area (Å²) in [5.41, 5.74) is 2.35. The Morgan fingerprint density at radius 1 is 1.32 bits per heavy atom. The van der Waals surface area contributed by atoms with Crippen LogP contribution >= 0.6 is 11.3 Å². The molecule has 0 aromatic carbocycles. The second-order valence-corrected chi connectivity index (χ2v) is 5.57. The van der Waals surface area contributed by atoms with Crippen LogP contribution in [-0.4, -0.2) is 15.1 Å². The zero-order valence-electron chi connectivity index (χ0n) is 11.4. The topological polar surface area (TPSA) is 55.2 Å². The van der Waals surface area contributed by atoms with E-state index in [1.165, 1.54) is 0 Å². The fraction of sp³-hybridized carbons (Fsp3) is 0.429. The number of hydrogen-bond acceptors (Lipinski definition) is 5. The molecule has 2 aromatic heterocycles. The fourth-order valence-electron chi connectivity index (χ4n) is 1.65. The van der Waals surface area contributed by atoms with E-state index in [1.807, 2.05) is 24.4 Å². The molecule has 0 unspecified atom stereocenters. The lowest BCUT2D eigenvalue weighted by Crippen LogP contribution is -2.02. The summed E-state index contributed by atoms with van der Waals surface area (Å²) in [5.74, 6) is 1.06. The maximum absolute atomic E-state index is 9.26. The van der Waals surface area contributed by atoms with E-state index in [1.54, 1.807) is 11.3 Å². The number of aliphatic hydroxyl groups is 1. The zero-order valence-corrected chi connectivity index (χ0v) is 12.2. The van der Waals surface area contributed by atoms with Gasteiger partial charge in [0, 0.05) is 17.0 Å². The normalized spacial score (nSPS) is 11.0. The lowest BCUT2D eigenvalue weighted by Gasteiger charge is -2.08. The Labute approximate surface area is 117 Å². The number of rotatable bonds is 5. The summed E-state index contributed by atoms with van der Waals surface area (Å²) in [6, 6.07) is 3.71. The Balaban J connectivity index is 2.05. The number of thiazole rings is 1. The predicted octanol–water partition coefficient (Wildman–Crippen LogP) is 3.04. The van der Waals surface area contributed by atoms with Gasteiger partial charge in [-0.2, -0.15) is 0 Å². The van der Waals surface area contributed by atoms with Crippen LogP contribution in [0.1, 0.15) is 41.9 Å². The van der Waals surface area contributed by atoms with Crippen LogP contribution in [-0.2, 0) is 13.2 Å². The van der Waals surface area contributed by atoms with E-state index < -0.39 is 0 Å². The molecule has 1 N–H and O–H groups in total. The zero-order chi connectivity index (χ0) is 13.8. The van der Waals surface area contributed by atoms with Gasteiger partial charge >= 0.3 is 0 Å². The molecular formula is C14H18N2O2S. The molecule has 0 bridgehead atoms. The molecule has 0 spiro atoms. The van der Waals surface area contributed by atoms with Crippen LogP contribution in [0.2, 0.25) is 0 Å². The molecule has 102 valence electrons. The third kappa shape index (κ3) is 3.52. The van der Waals surface area contributed by atoms with E-state index in [9.17, 15) is 5.11 Å². The number of pyridine rings is 1. The van der Waals surface area contributed by atoms with E-state index >= 15 is 0 Å². The first-order chi connectivity index (χ1) is 9.10. The van der Waals surface area contributed by atoms with E-state index in [0.717, 1.165) is 16.4 Å². The molecular weight excluding hydrogens is 260 g/mol. The highest BCUT2D eigenvalue weighted by Gasteiger charge is 2.08. The van der Waals surface area contributed by atoms with Gasteiger partial charge in [-0.3, -0.25) is 4.98 Å². The smallest absolute Gasteiger partial charge is 0.143 e. The largest absolute Gasteiger partial charge is 0.485 e. The summed E-state index contributed by atoms with van der Waals surface area (Å²) in [5, 5.41) is 12.4. The summed E-state index contributed by atoms with van der Waals surface area (Å²) >= 11 is 1.65. The van der Waals surface area contributed by atoms with Gasteiger partial charge in [0.2, 0.25) is 0 Å². The summed E-state index contributed by atoms with van der Waals surface area (Å²) in [6.45, 7) is 6.42.